The lowest BCUT2D eigenvalue weighted by Gasteiger charge is -2.21. The second kappa shape index (κ2) is 10.1. The second-order valence-electron chi connectivity index (χ2n) is 7.55. The highest BCUT2D eigenvalue weighted by Crippen LogP contribution is 2.27. The maximum atomic E-state index is 6.09. The quantitative estimate of drug-likeness (QED) is 0.505. The van der Waals surface area contributed by atoms with Gasteiger partial charge >= 0.3 is 0 Å². The van der Waals surface area contributed by atoms with Gasteiger partial charge in [0.25, 0.3) is 0 Å². The van der Waals surface area contributed by atoms with Gasteiger partial charge in [-0.2, -0.15) is 0 Å². The number of rotatable bonds is 9. The molecule has 0 amide bonds. The van der Waals surface area contributed by atoms with Crippen LogP contribution >= 0.6 is 0 Å². The zero-order valence-corrected chi connectivity index (χ0v) is 17.2. The molecule has 0 saturated carbocycles. The highest BCUT2D eigenvalue weighted by atomic mass is 16.5. The third-order valence-corrected chi connectivity index (χ3v) is 5.22. The summed E-state index contributed by atoms with van der Waals surface area (Å²) in [5.74, 6) is 1.42. The van der Waals surface area contributed by atoms with E-state index in [9.17, 15) is 0 Å². The average molecular weight is 374 g/mol. The summed E-state index contributed by atoms with van der Waals surface area (Å²) in [6.07, 6.45) is 1.06. The summed E-state index contributed by atoms with van der Waals surface area (Å²) in [5, 5.41) is 3.64. The number of hydrogen-bond donors (Lipinski definition) is 1. The number of hydrogen-bond acceptors (Lipinski definition) is 2. The Morgan fingerprint density at radius 3 is 1.82 bits per heavy atom. The van der Waals surface area contributed by atoms with Crippen molar-refractivity contribution in [1.29, 1.82) is 0 Å². The Balaban J connectivity index is 1.55. The Hall–Kier alpha value is -2.58. The molecule has 0 heterocycles. The molecule has 28 heavy (non-hydrogen) atoms. The Labute approximate surface area is 169 Å². The number of aryl methyl sites for hydroxylation is 2. The highest BCUT2D eigenvalue weighted by Gasteiger charge is 2.14. The van der Waals surface area contributed by atoms with E-state index in [0.29, 0.717) is 18.6 Å². The third-order valence-electron chi connectivity index (χ3n) is 5.22. The van der Waals surface area contributed by atoms with Gasteiger partial charge in [0.15, 0.2) is 0 Å². The van der Waals surface area contributed by atoms with Crippen molar-refractivity contribution in [2.75, 3.05) is 13.2 Å². The van der Waals surface area contributed by atoms with Crippen LogP contribution in [0.5, 0.6) is 5.75 Å². The van der Waals surface area contributed by atoms with Crippen LogP contribution in [0.4, 0.5) is 0 Å². The molecule has 3 rings (SSSR count). The summed E-state index contributed by atoms with van der Waals surface area (Å²) in [6.45, 7) is 8.02. The van der Waals surface area contributed by atoms with Gasteiger partial charge in [-0.25, -0.2) is 0 Å². The van der Waals surface area contributed by atoms with Crippen LogP contribution in [0, 0.1) is 13.8 Å². The van der Waals surface area contributed by atoms with Crippen molar-refractivity contribution in [1.82, 2.24) is 5.32 Å². The van der Waals surface area contributed by atoms with Gasteiger partial charge in [-0.05, 0) is 56.0 Å². The van der Waals surface area contributed by atoms with E-state index >= 15 is 0 Å². The molecule has 0 saturated heterocycles. The molecule has 146 valence electrons. The van der Waals surface area contributed by atoms with Crippen molar-refractivity contribution >= 4 is 0 Å². The molecule has 0 spiro atoms. The van der Waals surface area contributed by atoms with Gasteiger partial charge in [0.2, 0.25) is 0 Å². The number of para-hydroxylation sites is 1. The SMILES string of the molecule is Cc1cccc(C)c1OCC(C)NCCC(c1ccccc1)c1ccccc1. The predicted molar refractivity (Wildman–Crippen MR) is 118 cm³/mol. The molecule has 3 aromatic carbocycles. The first kappa shape index (κ1) is 20.2. The molecule has 0 aliphatic heterocycles. The van der Waals surface area contributed by atoms with Crippen molar-refractivity contribution in [3.8, 4) is 5.75 Å². The van der Waals surface area contributed by atoms with Crippen LogP contribution < -0.4 is 10.1 Å². The molecule has 2 heteroatoms. The molecule has 0 aromatic heterocycles. The smallest absolute Gasteiger partial charge is 0.125 e. The highest BCUT2D eigenvalue weighted by molar-refractivity contribution is 5.39. The first-order valence-electron chi connectivity index (χ1n) is 10.2. The summed E-state index contributed by atoms with van der Waals surface area (Å²) >= 11 is 0. The summed E-state index contributed by atoms with van der Waals surface area (Å²) in [5.41, 5.74) is 5.13. The minimum absolute atomic E-state index is 0.297. The molecule has 1 N–H and O–H groups in total. The van der Waals surface area contributed by atoms with Gasteiger partial charge in [0.05, 0.1) is 0 Å². The van der Waals surface area contributed by atoms with Crippen molar-refractivity contribution < 1.29 is 4.74 Å². The fourth-order valence-electron chi connectivity index (χ4n) is 3.66. The van der Waals surface area contributed by atoms with Crippen LogP contribution in [0.2, 0.25) is 0 Å². The minimum Gasteiger partial charge on any atom is -0.491 e. The Kier molecular flexibility index (Phi) is 7.27. The van der Waals surface area contributed by atoms with Gasteiger partial charge in [-0.1, -0.05) is 78.9 Å². The standard InChI is InChI=1S/C26H31NO/c1-20-11-10-12-21(2)26(20)28-19-22(3)27-18-17-25(23-13-6-4-7-14-23)24-15-8-5-9-16-24/h4-16,22,25,27H,17-19H2,1-3H3. The lowest BCUT2D eigenvalue weighted by Crippen LogP contribution is -2.33. The zero-order valence-electron chi connectivity index (χ0n) is 17.2. The molecule has 0 aliphatic rings. The Morgan fingerprint density at radius 2 is 1.29 bits per heavy atom. The van der Waals surface area contributed by atoms with E-state index < -0.39 is 0 Å². The van der Waals surface area contributed by atoms with E-state index in [0.717, 1.165) is 18.7 Å². The third kappa shape index (κ3) is 5.46. The molecular weight excluding hydrogens is 342 g/mol. The van der Waals surface area contributed by atoms with Crippen molar-refractivity contribution in [2.45, 2.75) is 39.2 Å². The normalized spacial score (nSPS) is 12.1. The van der Waals surface area contributed by atoms with Crippen molar-refractivity contribution in [3.63, 3.8) is 0 Å². The maximum Gasteiger partial charge on any atom is 0.125 e. The summed E-state index contributed by atoms with van der Waals surface area (Å²) in [7, 11) is 0. The van der Waals surface area contributed by atoms with Crippen LogP contribution in [0.3, 0.4) is 0 Å². The van der Waals surface area contributed by atoms with Crippen LogP contribution in [-0.2, 0) is 0 Å². The van der Waals surface area contributed by atoms with E-state index in [2.05, 4.69) is 105 Å². The van der Waals surface area contributed by atoms with Crippen LogP contribution in [0.25, 0.3) is 0 Å². The first-order chi connectivity index (χ1) is 13.6. The largest absolute Gasteiger partial charge is 0.491 e. The lowest BCUT2D eigenvalue weighted by molar-refractivity contribution is 0.269. The second-order valence-corrected chi connectivity index (χ2v) is 7.55. The van der Waals surface area contributed by atoms with Crippen LogP contribution in [0.15, 0.2) is 78.9 Å². The molecule has 1 atom stereocenters. The zero-order chi connectivity index (χ0) is 19.8. The molecular formula is C26H31NO. The van der Waals surface area contributed by atoms with Crippen LogP contribution in [-0.4, -0.2) is 19.2 Å². The maximum absolute atomic E-state index is 6.09. The van der Waals surface area contributed by atoms with Crippen molar-refractivity contribution in [3.05, 3.63) is 101 Å². The van der Waals surface area contributed by atoms with E-state index in [1.165, 1.54) is 22.3 Å². The van der Waals surface area contributed by atoms with Gasteiger partial charge < -0.3 is 10.1 Å². The molecule has 1 unspecified atom stereocenters. The lowest BCUT2D eigenvalue weighted by atomic mass is 9.88. The monoisotopic (exact) mass is 373 g/mol. The molecule has 2 nitrogen and oxygen atoms in total. The van der Waals surface area contributed by atoms with Crippen LogP contribution in [0.1, 0.15) is 41.5 Å². The predicted octanol–water partition coefficient (Wildman–Crippen LogP) is 5.88. The van der Waals surface area contributed by atoms with Gasteiger partial charge in [0.1, 0.15) is 12.4 Å². The fourth-order valence-corrected chi connectivity index (χ4v) is 3.66. The van der Waals surface area contributed by atoms with E-state index in [-0.39, 0.29) is 0 Å². The fraction of sp³-hybridized carbons (Fsp3) is 0.308. The van der Waals surface area contributed by atoms with E-state index in [4.69, 9.17) is 4.74 Å². The van der Waals surface area contributed by atoms with E-state index in [1.54, 1.807) is 0 Å². The van der Waals surface area contributed by atoms with Crippen molar-refractivity contribution in [2.24, 2.45) is 0 Å². The number of ether oxygens (including phenoxy) is 1. The Morgan fingerprint density at radius 1 is 0.750 bits per heavy atom. The summed E-state index contributed by atoms with van der Waals surface area (Å²) < 4.78 is 6.09. The topological polar surface area (TPSA) is 21.3 Å². The molecule has 0 bridgehead atoms. The molecule has 0 radical (unpaired) electrons. The first-order valence-corrected chi connectivity index (χ1v) is 10.2. The van der Waals surface area contributed by atoms with Gasteiger partial charge in [-0.3, -0.25) is 0 Å². The molecule has 0 fully saturated rings. The molecule has 3 aromatic rings. The Bertz CT molecular complexity index is 785. The van der Waals surface area contributed by atoms with Gasteiger partial charge in [-0.15, -0.1) is 0 Å². The summed E-state index contributed by atoms with van der Waals surface area (Å²) in [4.78, 5) is 0. The summed E-state index contributed by atoms with van der Waals surface area (Å²) in [6, 6.07) is 28.1. The molecule has 0 aliphatic carbocycles. The average Bonchev–Trinajstić information content (AvgIpc) is 2.72. The van der Waals surface area contributed by atoms with E-state index in [1.807, 2.05) is 0 Å². The minimum atomic E-state index is 0.297. The number of benzene rings is 3. The van der Waals surface area contributed by atoms with Gasteiger partial charge in [0, 0.05) is 12.0 Å². The number of nitrogens with one attached hydrogen (secondary N) is 1.